The second kappa shape index (κ2) is 11.8. The second-order valence-corrected chi connectivity index (χ2v) is 7.46. The molecule has 0 aromatic heterocycles. The summed E-state index contributed by atoms with van der Waals surface area (Å²) in [5.74, 6) is -1.44. The maximum atomic E-state index is 12.6. The summed E-state index contributed by atoms with van der Waals surface area (Å²) in [4.78, 5) is 34.3. The summed E-state index contributed by atoms with van der Waals surface area (Å²) in [7, 11) is 0. The van der Waals surface area contributed by atoms with Crippen LogP contribution >= 0.6 is 0 Å². The third-order valence-electron chi connectivity index (χ3n) is 4.32. The van der Waals surface area contributed by atoms with Crippen molar-refractivity contribution in [2.24, 2.45) is 5.92 Å². The van der Waals surface area contributed by atoms with E-state index < -0.39 is 23.2 Å². The SMILES string of the molecule is C=CC(=O)OCCOC(=O)c1cc(CC=O)ccc1OS(=O)N1CCC(C#N)CC1. The molecule has 160 valence electrons. The largest absolute Gasteiger partial charge is 0.459 e. The van der Waals surface area contributed by atoms with Crippen LogP contribution in [0.3, 0.4) is 0 Å². The standard InChI is InChI=1S/C20H22N2O7S/c1-2-19(24)27-11-12-28-20(25)17-13-15(7-10-23)3-4-18(17)29-30(26)22-8-5-16(14-21)6-9-22/h2-4,10,13,16H,1,5-9,11-12H2. The number of benzene rings is 1. The molecule has 1 saturated heterocycles. The van der Waals surface area contributed by atoms with Crippen LogP contribution < -0.4 is 4.18 Å². The third-order valence-corrected chi connectivity index (χ3v) is 5.43. The van der Waals surface area contributed by atoms with Crippen LogP contribution in [0.25, 0.3) is 0 Å². The highest BCUT2D eigenvalue weighted by Gasteiger charge is 2.25. The van der Waals surface area contributed by atoms with E-state index in [9.17, 15) is 18.6 Å². The van der Waals surface area contributed by atoms with Gasteiger partial charge in [-0.15, -0.1) is 0 Å². The van der Waals surface area contributed by atoms with E-state index in [1.807, 2.05) is 0 Å². The van der Waals surface area contributed by atoms with Gasteiger partial charge in [0.15, 0.2) is 5.75 Å². The molecule has 0 bridgehead atoms. The van der Waals surface area contributed by atoms with Gasteiger partial charge in [-0.05, 0) is 30.5 Å². The van der Waals surface area contributed by atoms with Crippen LogP contribution in [0.15, 0.2) is 30.9 Å². The van der Waals surface area contributed by atoms with E-state index in [0.717, 1.165) is 6.08 Å². The molecule has 1 aliphatic heterocycles. The maximum absolute atomic E-state index is 12.6. The van der Waals surface area contributed by atoms with Crippen molar-refractivity contribution in [3.05, 3.63) is 42.0 Å². The average molecular weight is 434 g/mol. The Morgan fingerprint density at radius 3 is 2.60 bits per heavy atom. The number of hydrogen-bond donors (Lipinski definition) is 0. The fourth-order valence-corrected chi connectivity index (χ4v) is 3.62. The highest BCUT2D eigenvalue weighted by atomic mass is 32.2. The summed E-state index contributed by atoms with van der Waals surface area (Å²) in [6.07, 6.45) is 2.94. The fourth-order valence-electron chi connectivity index (χ4n) is 2.71. The molecule has 0 saturated carbocycles. The van der Waals surface area contributed by atoms with Crippen LogP contribution in [0.5, 0.6) is 5.75 Å². The lowest BCUT2D eigenvalue weighted by molar-refractivity contribution is -0.138. The molecule has 1 aromatic carbocycles. The zero-order valence-corrected chi connectivity index (χ0v) is 17.1. The second-order valence-electron chi connectivity index (χ2n) is 6.34. The van der Waals surface area contributed by atoms with Gasteiger partial charge in [0.2, 0.25) is 0 Å². The quantitative estimate of drug-likeness (QED) is 0.235. The smallest absolute Gasteiger partial charge is 0.342 e. The molecule has 1 fully saturated rings. The summed E-state index contributed by atoms with van der Waals surface area (Å²) in [5, 5.41) is 8.97. The van der Waals surface area contributed by atoms with E-state index in [1.165, 1.54) is 12.1 Å². The fraction of sp³-hybridized carbons (Fsp3) is 0.400. The number of hydrogen-bond acceptors (Lipinski definition) is 8. The Bertz CT molecular complexity index is 857. The molecule has 9 nitrogen and oxygen atoms in total. The lowest BCUT2D eigenvalue weighted by atomic mass is 10.0. The van der Waals surface area contributed by atoms with Gasteiger partial charge in [-0.3, -0.25) is 0 Å². The van der Waals surface area contributed by atoms with E-state index in [1.54, 1.807) is 10.4 Å². The zero-order valence-electron chi connectivity index (χ0n) is 16.3. The summed E-state index contributed by atoms with van der Waals surface area (Å²) in [5.41, 5.74) is 0.563. The molecule has 30 heavy (non-hydrogen) atoms. The average Bonchev–Trinajstić information content (AvgIpc) is 2.77. The first-order valence-electron chi connectivity index (χ1n) is 9.26. The van der Waals surface area contributed by atoms with E-state index in [4.69, 9.17) is 18.9 Å². The van der Waals surface area contributed by atoms with Gasteiger partial charge in [0, 0.05) is 31.5 Å². The molecule has 1 aromatic rings. The van der Waals surface area contributed by atoms with Crippen molar-refractivity contribution in [1.82, 2.24) is 4.31 Å². The van der Waals surface area contributed by atoms with Crippen LogP contribution in [-0.4, -0.2) is 53.0 Å². The Labute approximate surface area is 177 Å². The number of rotatable bonds is 10. The number of carbonyl (C=O) groups is 3. The Hall–Kier alpha value is -3.03. The van der Waals surface area contributed by atoms with Crippen molar-refractivity contribution in [2.45, 2.75) is 19.3 Å². The molecule has 0 spiro atoms. The summed E-state index contributed by atoms with van der Waals surface area (Å²) >= 11 is -1.86. The van der Waals surface area contributed by atoms with E-state index in [2.05, 4.69) is 12.6 Å². The van der Waals surface area contributed by atoms with Gasteiger partial charge in [-0.2, -0.15) is 13.8 Å². The highest BCUT2D eigenvalue weighted by Crippen LogP contribution is 2.25. The Balaban J connectivity index is 2.06. The van der Waals surface area contributed by atoms with Crippen molar-refractivity contribution in [1.29, 1.82) is 5.26 Å². The molecule has 0 amide bonds. The molecule has 1 atom stereocenters. The van der Waals surface area contributed by atoms with E-state index >= 15 is 0 Å². The number of nitriles is 1. The summed E-state index contributed by atoms with van der Waals surface area (Å²) in [6.45, 7) is 3.78. The van der Waals surface area contributed by atoms with Crippen LogP contribution in [0.2, 0.25) is 0 Å². The molecule has 1 heterocycles. The molecule has 0 N–H and O–H groups in total. The highest BCUT2D eigenvalue weighted by molar-refractivity contribution is 7.78. The van der Waals surface area contributed by atoms with Gasteiger partial charge < -0.3 is 18.5 Å². The Kier molecular flexibility index (Phi) is 9.18. The van der Waals surface area contributed by atoms with Gasteiger partial charge in [-0.1, -0.05) is 12.6 Å². The van der Waals surface area contributed by atoms with Crippen molar-refractivity contribution in [3.8, 4) is 11.8 Å². The molecule has 0 radical (unpaired) electrons. The first-order chi connectivity index (χ1) is 14.5. The zero-order chi connectivity index (χ0) is 21.9. The van der Waals surface area contributed by atoms with Crippen LogP contribution in [0.4, 0.5) is 0 Å². The third kappa shape index (κ3) is 6.79. The molecule has 0 aliphatic carbocycles. The number of piperidine rings is 1. The predicted molar refractivity (Wildman–Crippen MR) is 106 cm³/mol. The first kappa shape index (κ1) is 23.3. The lowest BCUT2D eigenvalue weighted by Crippen LogP contribution is -2.36. The number of carbonyl (C=O) groups excluding carboxylic acids is 3. The molecular formula is C20H22N2O7S. The van der Waals surface area contributed by atoms with Gasteiger partial charge in [0.1, 0.15) is 25.1 Å². The minimum atomic E-state index is -1.86. The van der Waals surface area contributed by atoms with Gasteiger partial charge in [-0.25, -0.2) is 9.59 Å². The summed E-state index contributed by atoms with van der Waals surface area (Å²) < 4.78 is 29.5. The van der Waals surface area contributed by atoms with Crippen molar-refractivity contribution >= 4 is 29.5 Å². The van der Waals surface area contributed by atoms with Crippen molar-refractivity contribution in [2.75, 3.05) is 26.3 Å². The molecule has 10 heteroatoms. The molecular weight excluding hydrogens is 412 g/mol. The number of ether oxygens (including phenoxy) is 2. The van der Waals surface area contributed by atoms with E-state index in [-0.39, 0.29) is 36.9 Å². The predicted octanol–water partition coefficient (Wildman–Crippen LogP) is 1.51. The van der Waals surface area contributed by atoms with Gasteiger partial charge in [0.25, 0.3) is 11.3 Å². The number of aldehydes is 1. The van der Waals surface area contributed by atoms with Gasteiger partial charge in [0.05, 0.1) is 6.07 Å². The number of nitrogens with zero attached hydrogens (tertiary/aromatic N) is 2. The maximum Gasteiger partial charge on any atom is 0.342 e. The monoisotopic (exact) mass is 434 g/mol. The van der Waals surface area contributed by atoms with Crippen LogP contribution in [0, 0.1) is 17.2 Å². The van der Waals surface area contributed by atoms with Gasteiger partial charge >= 0.3 is 11.9 Å². The molecule has 1 unspecified atom stereocenters. The molecule has 2 rings (SSSR count). The van der Waals surface area contributed by atoms with Crippen molar-refractivity contribution in [3.63, 3.8) is 0 Å². The molecule has 1 aliphatic rings. The first-order valence-corrected chi connectivity index (χ1v) is 10.3. The number of esters is 2. The topological polar surface area (TPSA) is 123 Å². The minimum absolute atomic E-state index is 0.00431. The minimum Gasteiger partial charge on any atom is -0.459 e. The van der Waals surface area contributed by atoms with Crippen molar-refractivity contribution < 1.29 is 32.2 Å². The van der Waals surface area contributed by atoms with Crippen LogP contribution in [0.1, 0.15) is 28.8 Å². The summed E-state index contributed by atoms with van der Waals surface area (Å²) in [6, 6.07) is 6.67. The normalized spacial score (nSPS) is 15.4. The van der Waals surface area contributed by atoms with Crippen LogP contribution in [-0.2, 0) is 36.8 Å². The van der Waals surface area contributed by atoms with E-state index in [0.29, 0.717) is 37.8 Å². The lowest BCUT2D eigenvalue weighted by Gasteiger charge is -2.26. The Morgan fingerprint density at radius 1 is 1.27 bits per heavy atom. The Morgan fingerprint density at radius 2 is 1.97 bits per heavy atom.